The van der Waals surface area contributed by atoms with Crippen LogP contribution in [0.5, 0.6) is 11.5 Å². The third-order valence-electron chi connectivity index (χ3n) is 3.78. The van der Waals surface area contributed by atoms with Gasteiger partial charge in [0.2, 0.25) is 0 Å². The molecule has 5 heteroatoms. The molecule has 5 nitrogen and oxygen atoms in total. The first kappa shape index (κ1) is 18.5. The number of aryl methyl sites for hydroxylation is 2. The highest BCUT2D eigenvalue weighted by molar-refractivity contribution is 6.01. The minimum absolute atomic E-state index is 0.0760. The van der Waals surface area contributed by atoms with Gasteiger partial charge in [-0.05, 0) is 67.3 Å². The van der Waals surface area contributed by atoms with Crippen molar-refractivity contribution in [3.8, 4) is 11.5 Å². The van der Waals surface area contributed by atoms with E-state index in [1.54, 1.807) is 7.11 Å². The number of nitrogens with one attached hydrogen (secondary N) is 1. The summed E-state index contributed by atoms with van der Waals surface area (Å²) in [6.45, 7) is 5.85. The van der Waals surface area contributed by atoms with Crippen LogP contribution in [0.4, 0.5) is 0 Å². The number of carbonyl (C=O) groups is 1. The van der Waals surface area contributed by atoms with Gasteiger partial charge in [-0.25, -0.2) is 5.43 Å². The average molecular weight is 340 g/mol. The van der Waals surface area contributed by atoms with Gasteiger partial charge in [-0.15, -0.1) is 0 Å². The Bertz CT molecular complexity index is 752. The highest BCUT2D eigenvalue weighted by Crippen LogP contribution is 2.18. The van der Waals surface area contributed by atoms with Gasteiger partial charge in [0, 0.05) is 0 Å². The summed E-state index contributed by atoms with van der Waals surface area (Å²) in [5, 5.41) is 4.22. The van der Waals surface area contributed by atoms with Crippen LogP contribution in [0.3, 0.4) is 0 Å². The summed E-state index contributed by atoms with van der Waals surface area (Å²) in [5.74, 6) is 1.20. The van der Waals surface area contributed by atoms with E-state index in [9.17, 15) is 4.79 Å². The number of carbonyl (C=O) groups excluding carboxylic acids is 1. The van der Waals surface area contributed by atoms with E-state index in [0.717, 1.165) is 28.2 Å². The lowest BCUT2D eigenvalue weighted by Gasteiger charge is -2.10. The Labute approximate surface area is 148 Å². The van der Waals surface area contributed by atoms with Crippen LogP contribution in [0.2, 0.25) is 0 Å². The van der Waals surface area contributed by atoms with Gasteiger partial charge in [-0.2, -0.15) is 5.10 Å². The molecule has 132 valence electrons. The molecule has 2 aromatic rings. The lowest BCUT2D eigenvalue weighted by Crippen LogP contribution is -2.26. The Kier molecular flexibility index (Phi) is 6.57. The van der Waals surface area contributed by atoms with E-state index in [-0.39, 0.29) is 12.5 Å². The maximum absolute atomic E-state index is 12.0. The van der Waals surface area contributed by atoms with Crippen molar-refractivity contribution in [2.45, 2.75) is 27.2 Å². The molecule has 1 N–H and O–H groups in total. The predicted octanol–water partition coefficient (Wildman–Crippen LogP) is 3.62. The van der Waals surface area contributed by atoms with E-state index in [0.29, 0.717) is 12.2 Å². The summed E-state index contributed by atoms with van der Waals surface area (Å²) in [6.07, 6.45) is 0.699. The quantitative estimate of drug-likeness (QED) is 0.618. The second-order valence-electron chi connectivity index (χ2n) is 5.73. The first-order valence-corrected chi connectivity index (χ1v) is 8.23. The number of methoxy groups -OCH3 is 1. The third-order valence-corrected chi connectivity index (χ3v) is 3.78. The molecule has 0 bridgehead atoms. The minimum atomic E-state index is -0.291. The fourth-order valence-electron chi connectivity index (χ4n) is 2.30. The summed E-state index contributed by atoms with van der Waals surface area (Å²) >= 11 is 0. The van der Waals surface area contributed by atoms with Crippen LogP contribution in [0.25, 0.3) is 0 Å². The van der Waals surface area contributed by atoms with Crippen LogP contribution in [0.15, 0.2) is 47.6 Å². The molecular formula is C20H24N2O3. The molecule has 1 amide bonds. The van der Waals surface area contributed by atoms with Crippen molar-refractivity contribution in [3.63, 3.8) is 0 Å². The first-order valence-electron chi connectivity index (χ1n) is 8.23. The van der Waals surface area contributed by atoms with Crippen LogP contribution in [-0.4, -0.2) is 25.3 Å². The van der Waals surface area contributed by atoms with Crippen molar-refractivity contribution in [1.82, 2.24) is 5.43 Å². The Morgan fingerprint density at radius 3 is 2.48 bits per heavy atom. The van der Waals surface area contributed by atoms with Gasteiger partial charge >= 0.3 is 0 Å². The number of rotatable bonds is 7. The highest BCUT2D eigenvalue weighted by atomic mass is 16.5. The largest absolute Gasteiger partial charge is 0.497 e. The third kappa shape index (κ3) is 5.35. The average Bonchev–Trinajstić information content (AvgIpc) is 2.63. The molecule has 2 aromatic carbocycles. The van der Waals surface area contributed by atoms with E-state index >= 15 is 0 Å². The number of nitrogens with zero attached hydrogens (tertiary/aromatic N) is 1. The van der Waals surface area contributed by atoms with Crippen LogP contribution in [0.1, 0.15) is 30.0 Å². The Morgan fingerprint density at radius 2 is 1.84 bits per heavy atom. The smallest absolute Gasteiger partial charge is 0.277 e. The topological polar surface area (TPSA) is 59.9 Å². The van der Waals surface area contributed by atoms with Gasteiger partial charge < -0.3 is 9.47 Å². The highest BCUT2D eigenvalue weighted by Gasteiger charge is 2.06. The number of amides is 1. The molecule has 0 fully saturated rings. The van der Waals surface area contributed by atoms with E-state index in [2.05, 4.69) is 10.5 Å². The zero-order chi connectivity index (χ0) is 18.2. The molecule has 0 saturated heterocycles. The molecule has 0 unspecified atom stereocenters. The Balaban J connectivity index is 1.96. The molecule has 0 atom stereocenters. The van der Waals surface area contributed by atoms with Crippen molar-refractivity contribution >= 4 is 11.6 Å². The zero-order valence-electron chi connectivity index (χ0n) is 15.1. The summed E-state index contributed by atoms with van der Waals surface area (Å²) in [7, 11) is 1.62. The molecule has 0 aliphatic carbocycles. The normalized spacial score (nSPS) is 11.1. The summed E-state index contributed by atoms with van der Waals surface area (Å²) in [6, 6.07) is 13.5. The molecule has 0 saturated carbocycles. The SMILES string of the molecule is CC/C(=N/NC(=O)COc1cc(C)ccc1C)c1ccc(OC)cc1. The predicted molar refractivity (Wildman–Crippen MR) is 99.4 cm³/mol. The van der Waals surface area contributed by atoms with Crippen LogP contribution in [-0.2, 0) is 4.79 Å². The van der Waals surface area contributed by atoms with Gasteiger partial charge in [-0.3, -0.25) is 4.79 Å². The lowest BCUT2D eigenvalue weighted by atomic mass is 10.1. The number of benzene rings is 2. The van der Waals surface area contributed by atoms with Gasteiger partial charge in [0.15, 0.2) is 6.61 Å². The molecule has 0 heterocycles. The molecule has 0 spiro atoms. The van der Waals surface area contributed by atoms with E-state index < -0.39 is 0 Å². The van der Waals surface area contributed by atoms with Crippen molar-refractivity contribution in [2.75, 3.05) is 13.7 Å². The fraction of sp³-hybridized carbons (Fsp3) is 0.300. The van der Waals surface area contributed by atoms with Crippen molar-refractivity contribution in [2.24, 2.45) is 5.10 Å². The molecular weight excluding hydrogens is 316 g/mol. The second kappa shape index (κ2) is 8.87. The monoisotopic (exact) mass is 340 g/mol. The van der Waals surface area contributed by atoms with E-state index in [1.165, 1.54) is 0 Å². The lowest BCUT2D eigenvalue weighted by molar-refractivity contribution is -0.123. The van der Waals surface area contributed by atoms with Gasteiger partial charge in [0.25, 0.3) is 5.91 Å². The fourth-order valence-corrected chi connectivity index (χ4v) is 2.30. The van der Waals surface area contributed by atoms with E-state index in [1.807, 2.05) is 63.2 Å². The number of hydrogen-bond donors (Lipinski definition) is 1. The van der Waals surface area contributed by atoms with Gasteiger partial charge in [0.1, 0.15) is 11.5 Å². The maximum atomic E-state index is 12.0. The number of hydrazone groups is 1. The molecule has 0 radical (unpaired) electrons. The molecule has 0 aliphatic rings. The number of ether oxygens (including phenoxy) is 2. The Hall–Kier alpha value is -2.82. The van der Waals surface area contributed by atoms with Crippen LogP contribution < -0.4 is 14.9 Å². The maximum Gasteiger partial charge on any atom is 0.277 e. The van der Waals surface area contributed by atoms with Gasteiger partial charge in [-0.1, -0.05) is 19.1 Å². The molecule has 25 heavy (non-hydrogen) atoms. The van der Waals surface area contributed by atoms with Gasteiger partial charge in [0.05, 0.1) is 12.8 Å². The summed E-state index contributed by atoms with van der Waals surface area (Å²) < 4.78 is 10.7. The first-order chi connectivity index (χ1) is 12.0. The Morgan fingerprint density at radius 1 is 1.12 bits per heavy atom. The standard InChI is InChI=1S/C20H24N2O3/c1-5-18(16-8-10-17(24-4)11-9-16)21-22-20(23)13-25-19-12-14(2)6-7-15(19)3/h6-12H,5,13H2,1-4H3,(H,22,23)/b21-18-. The zero-order valence-corrected chi connectivity index (χ0v) is 15.1. The van der Waals surface area contributed by atoms with E-state index in [4.69, 9.17) is 9.47 Å². The number of hydrogen-bond acceptors (Lipinski definition) is 4. The van der Waals surface area contributed by atoms with Crippen molar-refractivity contribution in [3.05, 3.63) is 59.2 Å². The molecule has 0 aromatic heterocycles. The second-order valence-corrected chi connectivity index (χ2v) is 5.73. The summed E-state index contributed by atoms with van der Waals surface area (Å²) in [4.78, 5) is 12.0. The minimum Gasteiger partial charge on any atom is -0.497 e. The molecule has 2 rings (SSSR count). The van der Waals surface area contributed by atoms with Crippen LogP contribution in [0, 0.1) is 13.8 Å². The van der Waals surface area contributed by atoms with Crippen molar-refractivity contribution in [1.29, 1.82) is 0 Å². The van der Waals surface area contributed by atoms with Crippen molar-refractivity contribution < 1.29 is 14.3 Å². The molecule has 0 aliphatic heterocycles. The van der Waals surface area contributed by atoms with Crippen LogP contribution >= 0.6 is 0 Å². The summed E-state index contributed by atoms with van der Waals surface area (Å²) in [5.41, 5.74) is 6.38.